The number of carbonyl (C=O) groups is 2. The summed E-state index contributed by atoms with van der Waals surface area (Å²) in [4.78, 5) is 21.1. The molecule has 16 heavy (non-hydrogen) atoms. The smallest absolute Gasteiger partial charge is 0.308 e. The van der Waals surface area contributed by atoms with Gasteiger partial charge in [0.1, 0.15) is 0 Å². The molecule has 5 heteroatoms. The van der Waals surface area contributed by atoms with Gasteiger partial charge in [-0.15, -0.1) is 0 Å². The second-order valence-electron chi connectivity index (χ2n) is 2.96. The number of esters is 1. The van der Waals surface area contributed by atoms with E-state index in [1.807, 2.05) is 0 Å². The second-order valence-corrected chi connectivity index (χ2v) is 3.33. The fourth-order valence-corrected chi connectivity index (χ4v) is 1.10. The molecule has 0 amide bonds. The lowest BCUT2D eigenvalue weighted by Gasteiger charge is -2.04. The fraction of sp³-hybridized carbons (Fsp3) is 0.0909. The molecular formula is C11H9ClO4. The average Bonchev–Trinajstić information content (AvgIpc) is 2.18. The Hall–Kier alpha value is -1.81. The van der Waals surface area contributed by atoms with Crippen molar-refractivity contribution in [1.29, 1.82) is 0 Å². The molecule has 0 unspecified atom stereocenters. The van der Waals surface area contributed by atoms with Gasteiger partial charge in [-0.2, -0.15) is 0 Å². The molecule has 0 saturated carbocycles. The van der Waals surface area contributed by atoms with Crippen LogP contribution in [-0.4, -0.2) is 16.3 Å². The zero-order valence-corrected chi connectivity index (χ0v) is 9.19. The first-order chi connectivity index (χ1) is 7.49. The van der Waals surface area contributed by atoms with Gasteiger partial charge in [0, 0.05) is 6.92 Å². The number of halogens is 1. The minimum absolute atomic E-state index is 0.0712. The van der Waals surface area contributed by atoms with E-state index in [-0.39, 0.29) is 11.5 Å². The van der Waals surface area contributed by atoms with E-state index in [2.05, 4.69) is 0 Å². The molecule has 0 saturated heterocycles. The SMILES string of the molecule is CC(=O)Oc1ccc(/C=C/C(=O)Cl)cc1O. The third-order valence-electron chi connectivity index (χ3n) is 1.64. The van der Waals surface area contributed by atoms with Crippen LogP contribution in [0.4, 0.5) is 0 Å². The van der Waals surface area contributed by atoms with Gasteiger partial charge in [-0.3, -0.25) is 9.59 Å². The number of benzene rings is 1. The van der Waals surface area contributed by atoms with Crippen LogP contribution in [0, 0.1) is 0 Å². The van der Waals surface area contributed by atoms with Crippen LogP contribution in [0.15, 0.2) is 24.3 Å². The molecule has 0 fully saturated rings. The number of aromatic hydroxyl groups is 1. The lowest BCUT2D eigenvalue weighted by atomic mass is 10.2. The summed E-state index contributed by atoms with van der Waals surface area (Å²) < 4.78 is 4.72. The Labute approximate surface area is 97.1 Å². The van der Waals surface area contributed by atoms with E-state index < -0.39 is 11.2 Å². The van der Waals surface area contributed by atoms with Crippen molar-refractivity contribution in [2.75, 3.05) is 0 Å². The van der Waals surface area contributed by atoms with Crippen LogP contribution in [0.3, 0.4) is 0 Å². The van der Waals surface area contributed by atoms with Crippen LogP contribution in [0.5, 0.6) is 11.5 Å². The van der Waals surface area contributed by atoms with Crippen LogP contribution >= 0.6 is 11.6 Å². The normalized spacial score (nSPS) is 10.4. The van der Waals surface area contributed by atoms with Crippen molar-refractivity contribution in [2.24, 2.45) is 0 Å². The molecule has 1 aromatic carbocycles. The number of allylic oxidation sites excluding steroid dienone is 1. The van der Waals surface area contributed by atoms with Gasteiger partial charge in [-0.1, -0.05) is 12.1 Å². The second kappa shape index (κ2) is 5.32. The number of hydrogen-bond donors (Lipinski definition) is 1. The summed E-state index contributed by atoms with van der Waals surface area (Å²) in [6.07, 6.45) is 2.59. The van der Waals surface area contributed by atoms with Gasteiger partial charge in [-0.25, -0.2) is 0 Å². The summed E-state index contributed by atoms with van der Waals surface area (Å²) in [5.74, 6) is -0.629. The molecule has 0 heterocycles. The topological polar surface area (TPSA) is 63.6 Å². The van der Waals surface area contributed by atoms with E-state index in [1.54, 1.807) is 6.07 Å². The maximum atomic E-state index is 10.7. The first kappa shape index (κ1) is 12.3. The summed E-state index contributed by atoms with van der Waals surface area (Å²) in [5, 5.41) is 8.87. The molecule has 0 radical (unpaired) electrons. The molecule has 0 spiro atoms. The molecular weight excluding hydrogens is 232 g/mol. The quantitative estimate of drug-likeness (QED) is 0.380. The van der Waals surface area contributed by atoms with E-state index in [4.69, 9.17) is 16.3 Å². The van der Waals surface area contributed by atoms with Gasteiger partial charge in [0.05, 0.1) is 0 Å². The van der Waals surface area contributed by atoms with Crippen molar-refractivity contribution in [3.05, 3.63) is 29.8 Å². The van der Waals surface area contributed by atoms with Crippen LogP contribution in [0.25, 0.3) is 6.08 Å². The molecule has 1 N–H and O–H groups in total. The van der Waals surface area contributed by atoms with Gasteiger partial charge in [0.25, 0.3) is 0 Å². The van der Waals surface area contributed by atoms with Crippen molar-refractivity contribution < 1.29 is 19.4 Å². The maximum absolute atomic E-state index is 10.7. The summed E-state index contributed by atoms with van der Waals surface area (Å²) in [6, 6.07) is 4.36. The minimum atomic E-state index is -0.608. The highest BCUT2D eigenvalue weighted by Crippen LogP contribution is 2.27. The molecule has 84 valence electrons. The zero-order valence-electron chi connectivity index (χ0n) is 8.44. The Bertz CT molecular complexity index is 451. The van der Waals surface area contributed by atoms with Crippen LogP contribution in [-0.2, 0) is 9.59 Å². The molecule has 0 bridgehead atoms. The minimum Gasteiger partial charge on any atom is -0.504 e. The number of carbonyl (C=O) groups excluding carboxylic acids is 2. The Morgan fingerprint density at radius 3 is 2.62 bits per heavy atom. The summed E-state index contributed by atoms with van der Waals surface area (Å²) in [6.45, 7) is 1.24. The van der Waals surface area contributed by atoms with E-state index in [0.717, 1.165) is 6.08 Å². The molecule has 1 rings (SSSR count). The van der Waals surface area contributed by atoms with Crippen LogP contribution in [0.2, 0.25) is 0 Å². The first-order valence-corrected chi connectivity index (χ1v) is 4.76. The first-order valence-electron chi connectivity index (χ1n) is 4.38. The van der Waals surface area contributed by atoms with E-state index >= 15 is 0 Å². The van der Waals surface area contributed by atoms with Crippen molar-refractivity contribution in [2.45, 2.75) is 6.92 Å². The van der Waals surface area contributed by atoms with Gasteiger partial charge < -0.3 is 9.84 Å². The molecule has 0 aliphatic carbocycles. The van der Waals surface area contributed by atoms with Gasteiger partial charge >= 0.3 is 5.97 Å². The number of hydrogen-bond acceptors (Lipinski definition) is 4. The lowest BCUT2D eigenvalue weighted by molar-refractivity contribution is -0.132. The fourth-order valence-electron chi connectivity index (χ4n) is 1.04. The number of phenols is 1. The molecule has 4 nitrogen and oxygen atoms in total. The molecule has 0 atom stereocenters. The number of ether oxygens (including phenoxy) is 1. The summed E-state index contributed by atoms with van der Waals surface area (Å²) in [5.41, 5.74) is 0.572. The van der Waals surface area contributed by atoms with Crippen molar-refractivity contribution >= 4 is 28.9 Å². The Balaban J connectivity index is 2.90. The Kier molecular flexibility index (Phi) is 4.08. The Morgan fingerprint density at radius 2 is 2.12 bits per heavy atom. The Morgan fingerprint density at radius 1 is 1.44 bits per heavy atom. The van der Waals surface area contributed by atoms with E-state index in [1.165, 1.54) is 25.1 Å². The number of rotatable bonds is 3. The maximum Gasteiger partial charge on any atom is 0.308 e. The summed E-state index contributed by atoms with van der Waals surface area (Å²) >= 11 is 5.11. The molecule has 0 aliphatic rings. The number of phenolic OH excluding ortho intramolecular Hbond substituents is 1. The van der Waals surface area contributed by atoms with Crippen molar-refractivity contribution in [3.63, 3.8) is 0 Å². The predicted molar refractivity (Wildman–Crippen MR) is 59.3 cm³/mol. The third-order valence-corrected chi connectivity index (χ3v) is 1.77. The van der Waals surface area contributed by atoms with Crippen LogP contribution in [0.1, 0.15) is 12.5 Å². The zero-order chi connectivity index (χ0) is 12.1. The van der Waals surface area contributed by atoms with E-state index in [0.29, 0.717) is 5.56 Å². The highest BCUT2D eigenvalue weighted by molar-refractivity contribution is 6.66. The highest BCUT2D eigenvalue weighted by atomic mass is 35.5. The van der Waals surface area contributed by atoms with E-state index in [9.17, 15) is 14.7 Å². The van der Waals surface area contributed by atoms with Crippen LogP contribution < -0.4 is 4.74 Å². The third kappa shape index (κ3) is 3.74. The summed E-state index contributed by atoms with van der Waals surface area (Å²) in [7, 11) is 0. The van der Waals surface area contributed by atoms with Crippen molar-refractivity contribution in [1.82, 2.24) is 0 Å². The molecule has 1 aromatic rings. The van der Waals surface area contributed by atoms with Gasteiger partial charge in [0.15, 0.2) is 11.5 Å². The highest BCUT2D eigenvalue weighted by Gasteiger charge is 2.04. The largest absolute Gasteiger partial charge is 0.504 e. The van der Waals surface area contributed by atoms with Gasteiger partial charge in [-0.05, 0) is 35.4 Å². The molecule has 0 aliphatic heterocycles. The lowest BCUT2D eigenvalue weighted by Crippen LogP contribution is -2.01. The van der Waals surface area contributed by atoms with Gasteiger partial charge in [0.2, 0.25) is 5.24 Å². The average molecular weight is 241 g/mol. The molecule has 0 aromatic heterocycles. The standard InChI is InChI=1S/C11H9ClO4/c1-7(13)16-10-4-2-8(6-9(10)14)3-5-11(12)15/h2-6,14H,1H3/b5-3+. The predicted octanol–water partition coefficient (Wildman–Crippen LogP) is 2.10. The monoisotopic (exact) mass is 240 g/mol. The van der Waals surface area contributed by atoms with Crippen molar-refractivity contribution in [3.8, 4) is 11.5 Å².